The number of rotatable bonds is 6. The quantitative estimate of drug-likeness (QED) is 0.491. The molecule has 2 N–H and O–H groups in total. The van der Waals surface area contributed by atoms with E-state index in [9.17, 15) is 0 Å². The molecule has 0 radical (unpaired) electrons. The first-order chi connectivity index (χ1) is 11.0. The van der Waals surface area contributed by atoms with Crippen LogP contribution < -0.4 is 10.6 Å². The van der Waals surface area contributed by atoms with E-state index in [2.05, 4.69) is 17.6 Å². The van der Waals surface area contributed by atoms with Crippen LogP contribution >= 0.6 is 47.2 Å². The van der Waals surface area contributed by atoms with Crippen molar-refractivity contribution in [2.75, 3.05) is 17.6 Å². The highest BCUT2D eigenvalue weighted by Gasteiger charge is 2.06. The normalized spacial score (nSPS) is 11.8. The molecule has 0 heterocycles. The summed E-state index contributed by atoms with van der Waals surface area (Å²) in [4.78, 5) is 1.22. The molecule has 1 unspecified atom stereocenters. The van der Waals surface area contributed by atoms with E-state index in [1.165, 1.54) is 4.90 Å². The number of hydrogen-bond acceptors (Lipinski definition) is 2. The highest BCUT2D eigenvalue weighted by Crippen LogP contribution is 2.22. The molecule has 2 nitrogen and oxygen atoms in total. The van der Waals surface area contributed by atoms with Gasteiger partial charge < -0.3 is 10.6 Å². The molecule has 6 heteroatoms. The van der Waals surface area contributed by atoms with Crippen molar-refractivity contribution in [2.24, 2.45) is 5.92 Å². The summed E-state index contributed by atoms with van der Waals surface area (Å²) in [6, 6.07) is 15.4. The molecular formula is C17H18Cl2N2S2. The summed E-state index contributed by atoms with van der Waals surface area (Å²) in [5, 5.41) is 8.35. The van der Waals surface area contributed by atoms with Gasteiger partial charge in [-0.1, -0.05) is 42.3 Å². The first-order valence-corrected chi connectivity index (χ1v) is 9.37. The predicted octanol–water partition coefficient (Wildman–Crippen LogP) is 5.71. The lowest BCUT2D eigenvalue weighted by molar-refractivity contribution is 0.637. The van der Waals surface area contributed by atoms with Crippen molar-refractivity contribution >= 4 is 58.0 Å². The first-order valence-electron chi connectivity index (χ1n) is 7.22. The number of anilines is 1. The Kier molecular flexibility index (Phi) is 7.50. The van der Waals surface area contributed by atoms with E-state index < -0.39 is 0 Å². The van der Waals surface area contributed by atoms with Gasteiger partial charge in [-0.2, -0.15) is 0 Å². The third-order valence-electron chi connectivity index (χ3n) is 3.08. The van der Waals surface area contributed by atoms with E-state index in [0.29, 0.717) is 16.1 Å². The van der Waals surface area contributed by atoms with Crippen LogP contribution in [0.3, 0.4) is 0 Å². The Morgan fingerprint density at radius 2 is 1.83 bits per heavy atom. The molecule has 0 aliphatic carbocycles. The lowest BCUT2D eigenvalue weighted by Crippen LogP contribution is -2.32. The van der Waals surface area contributed by atoms with Crippen LogP contribution in [0.4, 0.5) is 5.69 Å². The minimum Gasteiger partial charge on any atom is -0.362 e. The van der Waals surface area contributed by atoms with Crippen molar-refractivity contribution in [3.05, 3.63) is 58.6 Å². The second-order valence-corrected chi connectivity index (χ2v) is 7.53. The third kappa shape index (κ3) is 6.60. The molecule has 0 aliphatic heterocycles. The van der Waals surface area contributed by atoms with Gasteiger partial charge >= 0.3 is 0 Å². The summed E-state index contributed by atoms with van der Waals surface area (Å²) in [5.41, 5.74) is 0.815. The molecule has 0 aliphatic rings. The number of nitrogens with one attached hydrogen (secondary N) is 2. The van der Waals surface area contributed by atoms with Crippen molar-refractivity contribution in [3.63, 3.8) is 0 Å². The Morgan fingerprint density at radius 3 is 2.52 bits per heavy atom. The van der Waals surface area contributed by atoms with Crippen LogP contribution in [0.2, 0.25) is 10.0 Å². The van der Waals surface area contributed by atoms with Gasteiger partial charge in [0.15, 0.2) is 5.11 Å². The molecule has 0 aromatic heterocycles. The molecule has 0 saturated heterocycles. The SMILES string of the molecule is CC(CNC(=S)Nc1ccccc1Cl)CSc1ccc(Cl)cc1. The Balaban J connectivity index is 1.71. The van der Waals surface area contributed by atoms with Gasteiger partial charge in [-0.15, -0.1) is 11.8 Å². The molecule has 1 atom stereocenters. The van der Waals surface area contributed by atoms with E-state index in [4.69, 9.17) is 35.4 Å². The smallest absolute Gasteiger partial charge is 0.170 e. The molecule has 2 aromatic carbocycles. The average molecular weight is 385 g/mol. The molecule has 0 amide bonds. The summed E-state index contributed by atoms with van der Waals surface area (Å²) >= 11 is 19.1. The Hall–Kier alpha value is -0.940. The maximum atomic E-state index is 6.10. The van der Waals surface area contributed by atoms with Crippen LogP contribution in [0.15, 0.2) is 53.4 Å². The van der Waals surface area contributed by atoms with Crippen LogP contribution in [-0.4, -0.2) is 17.4 Å². The van der Waals surface area contributed by atoms with Crippen LogP contribution in [0.5, 0.6) is 0 Å². The fraction of sp³-hybridized carbons (Fsp3) is 0.235. The van der Waals surface area contributed by atoms with Crippen LogP contribution in [0, 0.1) is 5.92 Å². The minimum absolute atomic E-state index is 0.474. The van der Waals surface area contributed by atoms with Gasteiger partial charge in [0.1, 0.15) is 0 Å². The standard InChI is InChI=1S/C17H18Cl2N2S2/c1-12(11-23-14-8-6-13(18)7-9-14)10-20-17(22)21-16-5-3-2-4-15(16)19/h2-9,12H,10-11H2,1H3,(H2,20,21,22). The number of benzene rings is 2. The van der Waals surface area contributed by atoms with Crippen LogP contribution in [0.25, 0.3) is 0 Å². The van der Waals surface area contributed by atoms with Gasteiger partial charge in [-0.05, 0) is 54.5 Å². The zero-order valence-electron chi connectivity index (χ0n) is 12.7. The fourth-order valence-electron chi connectivity index (χ4n) is 1.82. The molecule has 0 bridgehead atoms. The first kappa shape index (κ1) is 18.4. The van der Waals surface area contributed by atoms with Gasteiger partial charge in [0.2, 0.25) is 0 Å². The highest BCUT2D eigenvalue weighted by molar-refractivity contribution is 7.99. The van der Waals surface area contributed by atoms with Gasteiger partial charge in [-0.3, -0.25) is 0 Å². The molecular weight excluding hydrogens is 367 g/mol. The number of thiocarbonyl (C=S) groups is 1. The van der Waals surface area contributed by atoms with Gasteiger partial charge in [0.05, 0.1) is 10.7 Å². The van der Waals surface area contributed by atoms with Crippen molar-refractivity contribution in [2.45, 2.75) is 11.8 Å². The van der Waals surface area contributed by atoms with Crippen molar-refractivity contribution in [1.29, 1.82) is 0 Å². The average Bonchev–Trinajstić information content (AvgIpc) is 2.54. The van der Waals surface area contributed by atoms with Crippen molar-refractivity contribution in [1.82, 2.24) is 5.32 Å². The summed E-state index contributed by atoms with van der Waals surface area (Å²) < 4.78 is 0. The Morgan fingerprint density at radius 1 is 1.13 bits per heavy atom. The van der Waals surface area contributed by atoms with E-state index >= 15 is 0 Å². The topological polar surface area (TPSA) is 24.1 Å². The fourth-order valence-corrected chi connectivity index (χ4v) is 3.25. The second kappa shape index (κ2) is 9.38. The molecule has 2 rings (SSSR count). The maximum absolute atomic E-state index is 6.10. The van der Waals surface area contributed by atoms with Crippen LogP contribution in [0.1, 0.15) is 6.92 Å². The highest BCUT2D eigenvalue weighted by atomic mass is 35.5. The number of thioether (sulfide) groups is 1. The lowest BCUT2D eigenvalue weighted by atomic mass is 10.2. The van der Waals surface area contributed by atoms with Crippen LogP contribution in [-0.2, 0) is 0 Å². The lowest BCUT2D eigenvalue weighted by Gasteiger charge is -2.15. The zero-order valence-corrected chi connectivity index (χ0v) is 15.8. The monoisotopic (exact) mass is 384 g/mol. The molecule has 23 heavy (non-hydrogen) atoms. The number of halogens is 2. The van der Waals surface area contributed by atoms with E-state index in [1.54, 1.807) is 0 Å². The Labute approximate surface area is 157 Å². The second-order valence-electron chi connectivity index (χ2n) is 5.18. The van der Waals surface area contributed by atoms with E-state index in [0.717, 1.165) is 23.0 Å². The van der Waals surface area contributed by atoms with Gasteiger partial charge in [-0.25, -0.2) is 0 Å². The van der Waals surface area contributed by atoms with Crippen molar-refractivity contribution < 1.29 is 0 Å². The molecule has 2 aromatic rings. The number of hydrogen-bond donors (Lipinski definition) is 2. The van der Waals surface area contributed by atoms with Crippen molar-refractivity contribution in [3.8, 4) is 0 Å². The number of para-hydroxylation sites is 1. The summed E-state index contributed by atoms with van der Waals surface area (Å²) in [6.07, 6.45) is 0. The zero-order chi connectivity index (χ0) is 16.7. The molecule has 0 saturated carbocycles. The minimum atomic E-state index is 0.474. The molecule has 0 spiro atoms. The summed E-state index contributed by atoms with van der Waals surface area (Å²) in [5.74, 6) is 1.48. The van der Waals surface area contributed by atoms with E-state index in [1.807, 2.05) is 60.3 Å². The third-order valence-corrected chi connectivity index (χ3v) is 5.25. The molecule has 122 valence electrons. The summed E-state index contributed by atoms with van der Waals surface area (Å²) in [6.45, 7) is 2.99. The Bertz CT molecular complexity index is 647. The summed E-state index contributed by atoms with van der Waals surface area (Å²) in [7, 11) is 0. The van der Waals surface area contributed by atoms with Gasteiger partial charge in [0.25, 0.3) is 0 Å². The maximum Gasteiger partial charge on any atom is 0.170 e. The predicted molar refractivity (Wildman–Crippen MR) is 107 cm³/mol. The van der Waals surface area contributed by atoms with Gasteiger partial charge in [0, 0.05) is 22.2 Å². The molecule has 0 fully saturated rings. The largest absolute Gasteiger partial charge is 0.362 e. The van der Waals surface area contributed by atoms with E-state index in [-0.39, 0.29) is 0 Å².